The lowest BCUT2D eigenvalue weighted by Crippen LogP contribution is -2.49. The number of rotatable bonds is 6. The molecule has 190 valence electrons. The predicted molar refractivity (Wildman–Crippen MR) is 134 cm³/mol. The average Bonchev–Trinajstić information content (AvgIpc) is 3.27. The van der Waals surface area contributed by atoms with Gasteiger partial charge in [-0.2, -0.15) is 4.68 Å². The molecule has 2 amide bonds. The van der Waals surface area contributed by atoms with E-state index in [1.165, 1.54) is 29.1 Å². The first-order chi connectivity index (χ1) is 16.6. The number of sulfonamides is 1. The highest BCUT2D eigenvalue weighted by Gasteiger charge is 2.27. The zero-order valence-corrected chi connectivity index (χ0v) is 21.0. The molecule has 4 rings (SSSR count). The summed E-state index contributed by atoms with van der Waals surface area (Å²) >= 11 is 0. The third-order valence-electron chi connectivity index (χ3n) is 6.59. The van der Waals surface area contributed by atoms with Crippen LogP contribution in [0.4, 0.5) is 16.3 Å². The summed E-state index contributed by atoms with van der Waals surface area (Å²) in [7, 11) is -3.45. The lowest BCUT2D eigenvalue weighted by atomic mass is 9.95. The zero-order chi connectivity index (χ0) is 25.2. The lowest BCUT2D eigenvalue weighted by Gasteiger charge is -2.37. The van der Waals surface area contributed by atoms with Crippen molar-refractivity contribution in [3.05, 3.63) is 41.6 Å². The quantitative estimate of drug-likeness (QED) is 0.602. The van der Waals surface area contributed by atoms with Crippen LogP contribution in [0.15, 0.2) is 30.5 Å². The fourth-order valence-corrected chi connectivity index (χ4v) is 5.15. The van der Waals surface area contributed by atoms with E-state index in [0.29, 0.717) is 13.1 Å². The maximum absolute atomic E-state index is 12.8. The number of hydrogen-bond acceptors (Lipinski definition) is 7. The number of carbonyl (C=O) groups is 2. The lowest BCUT2D eigenvalue weighted by molar-refractivity contribution is -0.122. The average molecular weight is 504 g/mol. The van der Waals surface area contributed by atoms with Gasteiger partial charge in [0, 0.05) is 69.7 Å². The maximum Gasteiger partial charge on any atom is 0.344 e. The Morgan fingerprint density at radius 1 is 1.09 bits per heavy atom. The van der Waals surface area contributed by atoms with Gasteiger partial charge in [0.1, 0.15) is 0 Å². The molecule has 0 bridgehead atoms. The van der Waals surface area contributed by atoms with Crippen LogP contribution in [0.25, 0.3) is 0 Å². The van der Waals surface area contributed by atoms with E-state index in [-0.39, 0.29) is 23.7 Å². The van der Waals surface area contributed by atoms with Gasteiger partial charge in [-0.05, 0) is 37.0 Å². The van der Waals surface area contributed by atoms with Gasteiger partial charge in [-0.25, -0.2) is 13.2 Å². The first-order valence-corrected chi connectivity index (χ1v) is 13.7. The number of amides is 2. The largest absolute Gasteiger partial charge is 0.371 e. The molecular formula is C23H33N7O4S. The van der Waals surface area contributed by atoms with Gasteiger partial charge < -0.3 is 15.5 Å². The predicted octanol–water partition coefficient (Wildman–Crippen LogP) is 1.05. The highest BCUT2D eigenvalue weighted by atomic mass is 32.2. The molecule has 3 N–H and O–H groups in total. The van der Waals surface area contributed by atoms with Gasteiger partial charge in [0.15, 0.2) is 5.82 Å². The fourth-order valence-electron chi connectivity index (χ4n) is 4.66. The van der Waals surface area contributed by atoms with Crippen molar-refractivity contribution in [1.29, 1.82) is 0 Å². The molecule has 12 heteroatoms. The van der Waals surface area contributed by atoms with Gasteiger partial charge in [0.05, 0.1) is 6.26 Å². The number of piperazine rings is 1. The molecule has 0 atom stereocenters. The van der Waals surface area contributed by atoms with Crippen LogP contribution in [0.1, 0.15) is 24.0 Å². The Morgan fingerprint density at radius 2 is 1.77 bits per heavy atom. The van der Waals surface area contributed by atoms with Crippen LogP contribution in [0.3, 0.4) is 0 Å². The third-order valence-corrected chi connectivity index (χ3v) is 7.17. The molecule has 0 radical (unpaired) electrons. The molecule has 0 saturated carbocycles. The highest BCUT2D eigenvalue weighted by Crippen LogP contribution is 2.29. The van der Waals surface area contributed by atoms with Crippen molar-refractivity contribution in [2.45, 2.75) is 26.3 Å². The third kappa shape index (κ3) is 6.31. The van der Waals surface area contributed by atoms with Crippen molar-refractivity contribution in [2.24, 2.45) is 11.7 Å². The molecule has 2 aliphatic rings. The Labute approximate surface area is 205 Å². The van der Waals surface area contributed by atoms with Crippen molar-refractivity contribution in [2.75, 3.05) is 55.1 Å². The number of anilines is 2. The van der Waals surface area contributed by atoms with Crippen molar-refractivity contribution >= 4 is 33.5 Å². The molecule has 0 unspecified atom stereocenters. The molecule has 35 heavy (non-hydrogen) atoms. The van der Waals surface area contributed by atoms with E-state index in [2.05, 4.69) is 44.7 Å². The van der Waals surface area contributed by atoms with E-state index in [9.17, 15) is 18.0 Å². The van der Waals surface area contributed by atoms with Gasteiger partial charge in [0.25, 0.3) is 0 Å². The number of benzene rings is 1. The van der Waals surface area contributed by atoms with E-state index >= 15 is 0 Å². The first-order valence-electron chi connectivity index (χ1n) is 11.8. The summed E-state index contributed by atoms with van der Waals surface area (Å²) in [5, 5.41) is 4.03. The van der Waals surface area contributed by atoms with Crippen LogP contribution in [0, 0.1) is 12.8 Å². The second-order valence-corrected chi connectivity index (χ2v) is 11.1. The maximum atomic E-state index is 12.8. The summed E-state index contributed by atoms with van der Waals surface area (Å²) in [5.74, 6) is -0.135. The Hall–Kier alpha value is -3.12. The van der Waals surface area contributed by atoms with Crippen molar-refractivity contribution in [3.8, 4) is 0 Å². The summed E-state index contributed by atoms with van der Waals surface area (Å²) < 4.78 is 26.2. The highest BCUT2D eigenvalue weighted by molar-refractivity contribution is 7.92. The molecule has 2 aliphatic heterocycles. The van der Waals surface area contributed by atoms with Gasteiger partial charge >= 0.3 is 6.03 Å². The molecular weight excluding hydrogens is 470 g/mol. The minimum absolute atomic E-state index is 0.0434. The zero-order valence-electron chi connectivity index (χ0n) is 20.2. The van der Waals surface area contributed by atoms with Crippen LogP contribution in [-0.4, -0.2) is 85.5 Å². The Kier molecular flexibility index (Phi) is 7.31. The topological polar surface area (TPSA) is 134 Å². The number of primary amides is 1. The molecule has 2 saturated heterocycles. The molecule has 1 aromatic carbocycles. The van der Waals surface area contributed by atoms with Gasteiger partial charge in [-0.15, -0.1) is 5.10 Å². The van der Waals surface area contributed by atoms with Crippen LogP contribution in [-0.2, 0) is 21.4 Å². The monoisotopic (exact) mass is 503 g/mol. The van der Waals surface area contributed by atoms with Crippen molar-refractivity contribution < 1.29 is 18.0 Å². The minimum Gasteiger partial charge on any atom is -0.371 e. The number of piperidine rings is 1. The number of carbonyl (C=O) groups excluding carboxylic acids is 2. The minimum atomic E-state index is -3.45. The van der Waals surface area contributed by atoms with E-state index in [1.54, 1.807) is 4.90 Å². The van der Waals surface area contributed by atoms with Crippen LogP contribution < -0.4 is 15.4 Å². The van der Waals surface area contributed by atoms with Gasteiger partial charge in [-0.3, -0.25) is 14.4 Å². The van der Waals surface area contributed by atoms with E-state index in [4.69, 9.17) is 5.73 Å². The molecule has 3 heterocycles. The molecule has 2 fully saturated rings. The number of aromatic nitrogens is 2. The molecule has 1 aromatic heterocycles. The second kappa shape index (κ2) is 10.2. The summed E-state index contributed by atoms with van der Waals surface area (Å²) in [6.45, 7) is 7.03. The normalized spacial score (nSPS) is 18.0. The summed E-state index contributed by atoms with van der Waals surface area (Å²) in [6.07, 6.45) is 4.05. The van der Waals surface area contributed by atoms with E-state index < -0.39 is 10.0 Å². The Bertz CT molecular complexity index is 1180. The molecule has 0 aliphatic carbocycles. The van der Waals surface area contributed by atoms with Crippen molar-refractivity contribution in [1.82, 2.24) is 19.6 Å². The van der Waals surface area contributed by atoms with Crippen LogP contribution in [0.5, 0.6) is 0 Å². The standard InChI is InChI=1S/C23H33N7O4S/c1-17-3-4-19(20(15-17)28-8-5-18(6-9-28)22(24)31)16-27-11-13-29(14-12-27)23(32)30-10-7-21(25-30)26-35(2,33)34/h3-4,7,10,15,18H,5-6,8-9,11-14,16H2,1-2H3,(H2,24,31)(H,25,26). The fraction of sp³-hybridized carbons (Fsp3) is 0.522. The summed E-state index contributed by atoms with van der Waals surface area (Å²) in [4.78, 5) is 30.7. The molecule has 0 spiro atoms. The molecule has 11 nitrogen and oxygen atoms in total. The van der Waals surface area contributed by atoms with E-state index in [0.717, 1.165) is 56.5 Å². The Morgan fingerprint density at radius 3 is 2.40 bits per heavy atom. The number of aryl methyl sites for hydroxylation is 1. The van der Waals surface area contributed by atoms with Crippen LogP contribution >= 0.6 is 0 Å². The number of nitrogens with zero attached hydrogens (tertiary/aromatic N) is 5. The summed E-state index contributed by atoms with van der Waals surface area (Å²) in [6, 6.07) is 7.68. The number of hydrogen-bond donors (Lipinski definition) is 2. The SMILES string of the molecule is Cc1ccc(CN2CCN(C(=O)n3ccc(NS(C)(=O)=O)n3)CC2)c(N2CCC(C(N)=O)CC2)c1. The number of nitrogens with two attached hydrogens (primary N) is 1. The first kappa shape index (κ1) is 25.0. The van der Waals surface area contributed by atoms with Gasteiger partial charge in [-0.1, -0.05) is 12.1 Å². The van der Waals surface area contributed by atoms with Crippen LogP contribution in [0.2, 0.25) is 0 Å². The van der Waals surface area contributed by atoms with Crippen molar-refractivity contribution in [3.63, 3.8) is 0 Å². The smallest absolute Gasteiger partial charge is 0.344 e. The number of nitrogens with one attached hydrogen (secondary N) is 1. The van der Waals surface area contributed by atoms with E-state index in [1.807, 2.05) is 0 Å². The Balaban J connectivity index is 1.35. The van der Waals surface area contributed by atoms with Gasteiger partial charge in [0.2, 0.25) is 15.9 Å². The molecule has 2 aromatic rings. The summed E-state index contributed by atoms with van der Waals surface area (Å²) in [5.41, 5.74) is 9.13. The second-order valence-electron chi connectivity index (χ2n) is 9.36.